The first-order valence-corrected chi connectivity index (χ1v) is 8.42. The number of esters is 2. The van der Waals surface area contributed by atoms with Crippen LogP contribution in [0.1, 0.15) is 47.0 Å². The molecule has 5 unspecified atom stereocenters. The molecule has 2 bridgehead atoms. The van der Waals surface area contributed by atoms with E-state index in [1.807, 2.05) is 6.92 Å². The summed E-state index contributed by atoms with van der Waals surface area (Å²) >= 11 is 0. The molecular weight excluding hydrogens is 316 g/mol. The Bertz CT molecular complexity index is 505. The van der Waals surface area contributed by atoms with Gasteiger partial charge in [0.05, 0.1) is 18.1 Å². The van der Waals surface area contributed by atoms with Gasteiger partial charge in [-0.3, -0.25) is 14.4 Å². The second-order valence-corrected chi connectivity index (χ2v) is 6.83. The average Bonchev–Trinajstić information content (AvgIpc) is 3.13. The first-order valence-electron chi connectivity index (χ1n) is 8.42. The summed E-state index contributed by atoms with van der Waals surface area (Å²) in [6, 6.07) is 0. The van der Waals surface area contributed by atoms with Gasteiger partial charge in [0.1, 0.15) is 18.6 Å². The number of ether oxygens (including phenoxy) is 4. The predicted octanol–water partition coefficient (Wildman–Crippen LogP) is 1.62. The molecule has 0 amide bonds. The minimum Gasteiger partial charge on any atom is -0.462 e. The third-order valence-corrected chi connectivity index (χ3v) is 5.60. The van der Waals surface area contributed by atoms with E-state index in [2.05, 4.69) is 0 Å². The molecule has 0 N–H and O–H groups in total. The van der Waals surface area contributed by atoms with Crippen molar-refractivity contribution < 1.29 is 33.3 Å². The highest BCUT2D eigenvalue weighted by molar-refractivity contribution is 5.80. The van der Waals surface area contributed by atoms with Gasteiger partial charge in [0.25, 0.3) is 6.47 Å². The van der Waals surface area contributed by atoms with Crippen LogP contribution in [0.4, 0.5) is 0 Å². The Balaban J connectivity index is 1.93. The van der Waals surface area contributed by atoms with Crippen LogP contribution in [0.25, 0.3) is 0 Å². The van der Waals surface area contributed by atoms with E-state index in [-0.39, 0.29) is 37.3 Å². The topological polar surface area (TPSA) is 88.1 Å². The van der Waals surface area contributed by atoms with Gasteiger partial charge < -0.3 is 18.9 Å². The lowest BCUT2D eigenvalue weighted by Crippen LogP contribution is -2.58. The van der Waals surface area contributed by atoms with Crippen molar-refractivity contribution in [2.75, 3.05) is 13.2 Å². The zero-order valence-corrected chi connectivity index (χ0v) is 14.7. The van der Waals surface area contributed by atoms with Crippen LogP contribution in [0, 0.1) is 11.3 Å². The third-order valence-electron chi connectivity index (χ3n) is 5.60. The minimum atomic E-state index is -1.07. The fourth-order valence-electron chi connectivity index (χ4n) is 3.49. The molecule has 0 aromatic heterocycles. The van der Waals surface area contributed by atoms with Crippen LogP contribution in [0.3, 0.4) is 0 Å². The van der Waals surface area contributed by atoms with Crippen molar-refractivity contribution in [3.63, 3.8) is 0 Å². The lowest BCUT2D eigenvalue weighted by molar-refractivity contribution is -0.184. The van der Waals surface area contributed by atoms with E-state index in [0.717, 1.165) is 12.8 Å². The number of carbonyl (C=O) groups is 3. The summed E-state index contributed by atoms with van der Waals surface area (Å²) in [7, 11) is 0. The van der Waals surface area contributed by atoms with Crippen molar-refractivity contribution in [2.24, 2.45) is 11.3 Å². The Morgan fingerprint density at radius 3 is 2.46 bits per heavy atom. The Labute approximate surface area is 142 Å². The zero-order valence-electron chi connectivity index (χ0n) is 14.7. The van der Waals surface area contributed by atoms with Gasteiger partial charge in [-0.05, 0) is 33.1 Å². The highest BCUT2D eigenvalue weighted by Crippen LogP contribution is 2.56. The molecule has 2 aliphatic rings. The van der Waals surface area contributed by atoms with E-state index >= 15 is 0 Å². The van der Waals surface area contributed by atoms with Crippen LogP contribution in [0.2, 0.25) is 0 Å². The molecule has 2 heterocycles. The predicted molar refractivity (Wildman–Crippen MR) is 82.9 cm³/mol. The number of hydrogen-bond acceptors (Lipinski definition) is 7. The summed E-state index contributed by atoms with van der Waals surface area (Å²) in [6.45, 7) is 7.41. The van der Waals surface area contributed by atoms with E-state index < -0.39 is 17.0 Å². The van der Waals surface area contributed by atoms with Crippen LogP contribution < -0.4 is 0 Å². The highest BCUT2D eigenvalue weighted by atomic mass is 16.6. The summed E-state index contributed by atoms with van der Waals surface area (Å²) in [5.74, 6) is -0.989. The normalized spacial score (nSPS) is 35.3. The SMILES string of the molecule is CCC(C)C(=O)OCCOC(=O)C1(C)C2CCC(O2)C1(C)OC=O. The molecule has 0 aliphatic carbocycles. The van der Waals surface area contributed by atoms with E-state index in [1.54, 1.807) is 20.8 Å². The molecule has 7 nitrogen and oxygen atoms in total. The molecule has 0 aromatic rings. The Hall–Kier alpha value is -1.63. The molecule has 0 spiro atoms. The van der Waals surface area contributed by atoms with Crippen LogP contribution in [0.15, 0.2) is 0 Å². The lowest BCUT2D eigenvalue weighted by atomic mass is 9.65. The molecule has 136 valence electrons. The molecule has 0 saturated carbocycles. The fourth-order valence-corrected chi connectivity index (χ4v) is 3.49. The lowest BCUT2D eigenvalue weighted by Gasteiger charge is -2.42. The standard InChI is InChI=1S/C17H26O7/c1-5-11(2)14(19)21-8-9-22-15(20)16(3)12-6-7-13(24-12)17(16,4)23-10-18/h10-13H,5-9H2,1-4H3. The Morgan fingerprint density at radius 1 is 1.21 bits per heavy atom. The van der Waals surface area contributed by atoms with E-state index in [9.17, 15) is 14.4 Å². The van der Waals surface area contributed by atoms with Crippen LogP contribution >= 0.6 is 0 Å². The Kier molecular flexibility index (Phi) is 5.52. The maximum atomic E-state index is 12.6. The van der Waals surface area contributed by atoms with Crippen molar-refractivity contribution in [3.05, 3.63) is 0 Å². The number of carbonyl (C=O) groups excluding carboxylic acids is 3. The quantitative estimate of drug-likeness (QED) is 0.287. The highest BCUT2D eigenvalue weighted by Gasteiger charge is 2.70. The van der Waals surface area contributed by atoms with Crippen molar-refractivity contribution in [1.29, 1.82) is 0 Å². The molecule has 24 heavy (non-hydrogen) atoms. The second-order valence-electron chi connectivity index (χ2n) is 6.83. The molecule has 5 atom stereocenters. The van der Waals surface area contributed by atoms with Gasteiger partial charge >= 0.3 is 11.9 Å². The summed E-state index contributed by atoms with van der Waals surface area (Å²) in [5, 5.41) is 0. The number of hydrogen-bond donors (Lipinski definition) is 0. The van der Waals surface area contributed by atoms with Crippen LogP contribution in [-0.2, 0) is 33.3 Å². The molecule has 2 rings (SSSR count). The second kappa shape index (κ2) is 7.09. The van der Waals surface area contributed by atoms with Gasteiger partial charge in [-0.2, -0.15) is 0 Å². The molecule has 2 saturated heterocycles. The van der Waals surface area contributed by atoms with E-state index in [1.165, 1.54) is 0 Å². The van der Waals surface area contributed by atoms with Crippen molar-refractivity contribution in [3.8, 4) is 0 Å². The zero-order chi connectivity index (χ0) is 18.0. The first-order chi connectivity index (χ1) is 11.3. The molecule has 7 heteroatoms. The van der Waals surface area contributed by atoms with Crippen molar-refractivity contribution >= 4 is 18.4 Å². The van der Waals surface area contributed by atoms with Gasteiger partial charge in [0.2, 0.25) is 0 Å². The van der Waals surface area contributed by atoms with Gasteiger partial charge in [-0.1, -0.05) is 13.8 Å². The van der Waals surface area contributed by atoms with Crippen LogP contribution in [-0.4, -0.2) is 49.4 Å². The minimum absolute atomic E-state index is 0.00516. The molecular formula is C17H26O7. The van der Waals surface area contributed by atoms with Gasteiger partial charge in [-0.25, -0.2) is 0 Å². The van der Waals surface area contributed by atoms with Gasteiger partial charge in [0.15, 0.2) is 5.60 Å². The summed E-state index contributed by atoms with van der Waals surface area (Å²) in [5.41, 5.74) is -2.13. The van der Waals surface area contributed by atoms with Gasteiger partial charge in [0, 0.05) is 0 Å². The van der Waals surface area contributed by atoms with E-state index in [4.69, 9.17) is 18.9 Å². The van der Waals surface area contributed by atoms with Crippen molar-refractivity contribution in [2.45, 2.75) is 64.8 Å². The monoisotopic (exact) mass is 342 g/mol. The number of rotatable bonds is 8. The van der Waals surface area contributed by atoms with E-state index in [0.29, 0.717) is 12.9 Å². The maximum Gasteiger partial charge on any atom is 0.318 e. The molecule has 0 aromatic carbocycles. The number of fused-ring (bicyclic) bond motifs is 2. The molecule has 0 radical (unpaired) electrons. The smallest absolute Gasteiger partial charge is 0.318 e. The summed E-state index contributed by atoms with van der Waals surface area (Å²) in [6.07, 6.45) is 1.50. The van der Waals surface area contributed by atoms with Crippen molar-refractivity contribution in [1.82, 2.24) is 0 Å². The van der Waals surface area contributed by atoms with Gasteiger partial charge in [-0.15, -0.1) is 0 Å². The largest absolute Gasteiger partial charge is 0.462 e. The van der Waals surface area contributed by atoms with Crippen LogP contribution in [0.5, 0.6) is 0 Å². The third kappa shape index (κ3) is 2.90. The average molecular weight is 342 g/mol. The molecule has 2 fully saturated rings. The summed E-state index contributed by atoms with van der Waals surface area (Å²) < 4.78 is 21.4. The fraction of sp³-hybridized carbons (Fsp3) is 0.824. The Morgan fingerprint density at radius 2 is 1.83 bits per heavy atom. The summed E-state index contributed by atoms with van der Waals surface area (Å²) in [4.78, 5) is 35.1. The molecule has 2 aliphatic heterocycles. The first kappa shape index (κ1) is 18.7. The maximum absolute atomic E-state index is 12.6.